The van der Waals surface area contributed by atoms with Gasteiger partial charge in [-0.05, 0) is 38.5 Å². The molecule has 0 bridgehead atoms. The Morgan fingerprint density at radius 2 is 1.75 bits per heavy atom. The fourth-order valence-corrected chi connectivity index (χ4v) is 3.24. The van der Waals surface area contributed by atoms with Crippen LogP contribution in [0.4, 0.5) is 5.82 Å². The Bertz CT molecular complexity index is 772. The van der Waals surface area contributed by atoms with Gasteiger partial charge in [0.2, 0.25) is 0 Å². The van der Waals surface area contributed by atoms with Crippen molar-refractivity contribution in [2.75, 3.05) is 5.73 Å². The second-order valence-corrected chi connectivity index (χ2v) is 5.97. The summed E-state index contributed by atoms with van der Waals surface area (Å²) in [7, 11) is 0. The Balaban J connectivity index is 2.21. The van der Waals surface area contributed by atoms with Crippen LogP contribution in [0.25, 0.3) is 21.6 Å². The third-order valence-electron chi connectivity index (χ3n) is 3.16. The summed E-state index contributed by atoms with van der Waals surface area (Å²) in [6.07, 6.45) is 0.989. The molecule has 0 aliphatic carbocycles. The summed E-state index contributed by atoms with van der Waals surface area (Å²) in [5, 5.41) is 0.957. The van der Waals surface area contributed by atoms with E-state index in [2.05, 4.69) is 27.9 Å². The lowest BCUT2D eigenvalue weighted by molar-refractivity contribution is 1.11. The van der Waals surface area contributed by atoms with E-state index in [-0.39, 0.29) is 0 Å². The van der Waals surface area contributed by atoms with E-state index < -0.39 is 0 Å². The van der Waals surface area contributed by atoms with Crippen LogP contribution in [0.2, 0.25) is 0 Å². The molecule has 3 aromatic heterocycles. The van der Waals surface area contributed by atoms with E-state index in [9.17, 15) is 0 Å². The Morgan fingerprint density at radius 3 is 2.40 bits per heavy atom. The highest BCUT2D eigenvalue weighted by Gasteiger charge is 2.11. The van der Waals surface area contributed by atoms with E-state index in [0.29, 0.717) is 11.6 Å². The molecule has 0 spiro atoms. The number of hydrogen-bond donors (Lipinski definition) is 1. The van der Waals surface area contributed by atoms with Crippen molar-refractivity contribution in [1.29, 1.82) is 0 Å². The summed E-state index contributed by atoms with van der Waals surface area (Å²) < 4.78 is 0. The summed E-state index contributed by atoms with van der Waals surface area (Å²) >= 11 is 1.68. The molecular weight excluding hydrogens is 268 g/mol. The zero-order valence-corrected chi connectivity index (χ0v) is 12.6. The van der Waals surface area contributed by atoms with Crippen LogP contribution in [0.3, 0.4) is 0 Å². The zero-order valence-electron chi connectivity index (χ0n) is 11.8. The van der Waals surface area contributed by atoms with Crippen LogP contribution in [-0.2, 0) is 6.42 Å². The topological polar surface area (TPSA) is 64.7 Å². The second-order valence-electron chi connectivity index (χ2n) is 4.86. The minimum Gasteiger partial charge on any atom is -0.383 e. The lowest BCUT2D eigenvalue weighted by atomic mass is 10.2. The van der Waals surface area contributed by atoms with Crippen LogP contribution >= 0.6 is 11.3 Å². The first kappa shape index (κ1) is 13.0. The molecule has 0 fully saturated rings. The molecule has 3 rings (SSSR count). The molecule has 0 aliphatic heterocycles. The molecule has 20 heavy (non-hydrogen) atoms. The summed E-state index contributed by atoms with van der Waals surface area (Å²) in [6, 6.07) is 6.06. The third kappa shape index (κ3) is 2.25. The largest absolute Gasteiger partial charge is 0.383 e. The molecule has 0 amide bonds. The zero-order chi connectivity index (χ0) is 14.3. The molecule has 3 heterocycles. The molecule has 0 aliphatic rings. The number of aromatic nitrogens is 3. The van der Waals surface area contributed by atoms with Gasteiger partial charge in [0.25, 0.3) is 0 Å². The van der Waals surface area contributed by atoms with Gasteiger partial charge in [-0.2, -0.15) is 0 Å². The number of nitrogens with zero attached hydrogens (tertiary/aromatic N) is 3. The van der Waals surface area contributed by atoms with Crippen molar-refractivity contribution < 1.29 is 0 Å². The Morgan fingerprint density at radius 1 is 1.05 bits per heavy atom. The number of fused-ring (bicyclic) bond motifs is 1. The SMILES string of the molecule is CCc1cc2c(N)nc(-c3cc(C)nc(C)c3)nc2s1. The highest BCUT2D eigenvalue weighted by Crippen LogP contribution is 2.30. The van der Waals surface area contributed by atoms with Crippen LogP contribution in [0.15, 0.2) is 18.2 Å². The lowest BCUT2D eigenvalue weighted by Gasteiger charge is -2.04. The predicted octanol–water partition coefficient (Wildman–Crippen LogP) is 3.51. The van der Waals surface area contributed by atoms with Gasteiger partial charge in [0.15, 0.2) is 5.82 Å². The third-order valence-corrected chi connectivity index (χ3v) is 4.33. The van der Waals surface area contributed by atoms with Gasteiger partial charge in [0, 0.05) is 21.8 Å². The van der Waals surface area contributed by atoms with E-state index >= 15 is 0 Å². The molecule has 2 N–H and O–H groups in total. The maximum Gasteiger partial charge on any atom is 0.163 e. The number of nitrogen functional groups attached to an aromatic ring is 1. The van der Waals surface area contributed by atoms with Gasteiger partial charge in [-0.25, -0.2) is 9.97 Å². The molecule has 3 aromatic rings. The summed E-state index contributed by atoms with van der Waals surface area (Å²) in [5.41, 5.74) is 8.97. The van der Waals surface area contributed by atoms with Crippen LogP contribution in [-0.4, -0.2) is 15.0 Å². The molecule has 0 unspecified atom stereocenters. The van der Waals surface area contributed by atoms with E-state index in [0.717, 1.165) is 33.6 Å². The molecule has 5 heteroatoms. The number of aryl methyl sites for hydroxylation is 3. The first-order chi connectivity index (χ1) is 9.56. The van der Waals surface area contributed by atoms with E-state index in [1.807, 2.05) is 26.0 Å². The van der Waals surface area contributed by atoms with E-state index in [1.165, 1.54) is 4.88 Å². The van der Waals surface area contributed by atoms with Crippen molar-refractivity contribution in [3.05, 3.63) is 34.5 Å². The molecule has 0 atom stereocenters. The van der Waals surface area contributed by atoms with Crippen molar-refractivity contribution in [2.45, 2.75) is 27.2 Å². The maximum absolute atomic E-state index is 6.08. The smallest absolute Gasteiger partial charge is 0.163 e. The predicted molar refractivity (Wildman–Crippen MR) is 83.9 cm³/mol. The van der Waals surface area contributed by atoms with Gasteiger partial charge >= 0.3 is 0 Å². The molecule has 0 aromatic carbocycles. The normalized spacial score (nSPS) is 11.2. The van der Waals surface area contributed by atoms with Crippen LogP contribution < -0.4 is 5.73 Å². The molecular formula is C15H16N4S. The highest BCUT2D eigenvalue weighted by molar-refractivity contribution is 7.18. The van der Waals surface area contributed by atoms with Crippen molar-refractivity contribution in [1.82, 2.24) is 15.0 Å². The quantitative estimate of drug-likeness (QED) is 0.782. The fraction of sp³-hybridized carbons (Fsp3) is 0.267. The monoisotopic (exact) mass is 284 g/mol. The van der Waals surface area contributed by atoms with Gasteiger partial charge in [-0.15, -0.1) is 11.3 Å². The van der Waals surface area contributed by atoms with Gasteiger partial charge in [-0.1, -0.05) is 6.92 Å². The first-order valence-corrected chi connectivity index (χ1v) is 7.40. The average Bonchev–Trinajstić information content (AvgIpc) is 2.81. The Hall–Kier alpha value is -2.01. The van der Waals surface area contributed by atoms with E-state index in [4.69, 9.17) is 5.73 Å². The first-order valence-electron chi connectivity index (χ1n) is 6.58. The number of hydrogen-bond acceptors (Lipinski definition) is 5. The van der Waals surface area contributed by atoms with Crippen molar-refractivity contribution >= 4 is 27.4 Å². The number of rotatable bonds is 2. The molecule has 102 valence electrons. The Labute approximate surface area is 121 Å². The van der Waals surface area contributed by atoms with Crippen LogP contribution in [0.1, 0.15) is 23.2 Å². The van der Waals surface area contributed by atoms with Gasteiger partial charge < -0.3 is 5.73 Å². The van der Waals surface area contributed by atoms with Crippen molar-refractivity contribution in [3.63, 3.8) is 0 Å². The highest BCUT2D eigenvalue weighted by atomic mass is 32.1. The van der Waals surface area contributed by atoms with Crippen molar-refractivity contribution in [2.24, 2.45) is 0 Å². The number of pyridine rings is 1. The maximum atomic E-state index is 6.08. The Kier molecular flexibility index (Phi) is 3.14. The molecule has 0 saturated heterocycles. The standard InChI is InChI=1S/C15H16N4S/c1-4-11-7-12-13(16)18-14(19-15(12)20-11)10-5-8(2)17-9(3)6-10/h5-7H,4H2,1-3H3,(H2,16,18,19). The summed E-state index contributed by atoms with van der Waals surface area (Å²) in [4.78, 5) is 15.7. The average molecular weight is 284 g/mol. The second kappa shape index (κ2) is 4.83. The summed E-state index contributed by atoms with van der Waals surface area (Å²) in [6.45, 7) is 6.07. The summed E-state index contributed by atoms with van der Waals surface area (Å²) in [5.74, 6) is 1.22. The van der Waals surface area contributed by atoms with Gasteiger partial charge in [0.05, 0.1) is 5.39 Å². The number of nitrogens with two attached hydrogens (primary N) is 1. The fourth-order valence-electron chi connectivity index (χ4n) is 2.26. The number of anilines is 1. The minimum atomic E-state index is 0.549. The molecule has 4 nitrogen and oxygen atoms in total. The molecule has 0 saturated carbocycles. The minimum absolute atomic E-state index is 0.549. The van der Waals surface area contributed by atoms with Crippen molar-refractivity contribution in [3.8, 4) is 11.4 Å². The van der Waals surface area contributed by atoms with E-state index in [1.54, 1.807) is 11.3 Å². The molecule has 0 radical (unpaired) electrons. The lowest BCUT2D eigenvalue weighted by Crippen LogP contribution is -1.97. The van der Waals surface area contributed by atoms with Crippen LogP contribution in [0, 0.1) is 13.8 Å². The number of thiophene rings is 1. The van der Waals surface area contributed by atoms with Gasteiger partial charge in [-0.3, -0.25) is 4.98 Å². The van der Waals surface area contributed by atoms with Crippen LogP contribution in [0.5, 0.6) is 0 Å². The van der Waals surface area contributed by atoms with Gasteiger partial charge in [0.1, 0.15) is 10.6 Å².